The molecule has 1 amide bonds. The van der Waals surface area contributed by atoms with Gasteiger partial charge in [0.15, 0.2) is 6.10 Å². The predicted molar refractivity (Wildman–Crippen MR) is 66.2 cm³/mol. The first kappa shape index (κ1) is 12.8. The zero-order chi connectivity index (χ0) is 13.1. The lowest BCUT2D eigenvalue weighted by molar-refractivity contribution is -0.127. The SMILES string of the molecule is Cc1ccc(OC(C)C(=O)NC2CC2)c(CO)n1. The van der Waals surface area contributed by atoms with Crippen molar-refractivity contribution in [1.29, 1.82) is 0 Å². The number of aryl methyl sites for hydroxylation is 1. The zero-order valence-corrected chi connectivity index (χ0v) is 10.6. The predicted octanol–water partition coefficient (Wildman–Crippen LogP) is 0.928. The Bertz CT molecular complexity index is 444. The van der Waals surface area contributed by atoms with Gasteiger partial charge in [0.1, 0.15) is 11.4 Å². The van der Waals surface area contributed by atoms with Crippen LogP contribution in [0.4, 0.5) is 0 Å². The Labute approximate surface area is 106 Å². The maximum Gasteiger partial charge on any atom is 0.260 e. The molecule has 1 saturated carbocycles. The van der Waals surface area contributed by atoms with Crippen LogP contribution in [0.5, 0.6) is 5.75 Å². The van der Waals surface area contributed by atoms with Crippen molar-refractivity contribution in [2.45, 2.75) is 45.4 Å². The lowest BCUT2D eigenvalue weighted by Crippen LogP contribution is -2.37. The second kappa shape index (κ2) is 5.35. The van der Waals surface area contributed by atoms with Crippen LogP contribution in [0.3, 0.4) is 0 Å². The topological polar surface area (TPSA) is 71.5 Å². The molecule has 0 saturated heterocycles. The number of aromatic nitrogens is 1. The van der Waals surface area contributed by atoms with E-state index in [2.05, 4.69) is 10.3 Å². The molecule has 2 N–H and O–H groups in total. The van der Waals surface area contributed by atoms with E-state index >= 15 is 0 Å². The van der Waals surface area contributed by atoms with Gasteiger partial charge in [0.05, 0.1) is 6.61 Å². The second-order valence-corrected chi connectivity index (χ2v) is 4.60. The molecule has 5 nitrogen and oxygen atoms in total. The molecule has 98 valence electrons. The van der Waals surface area contributed by atoms with Crippen LogP contribution < -0.4 is 10.1 Å². The van der Waals surface area contributed by atoms with Crippen LogP contribution >= 0.6 is 0 Å². The van der Waals surface area contributed by atoms with Gasteiger partial charge in [-0.3, -0.25) is 9.78 Å². The first-order valence-corrected chi connectivity index (χ1v) is 6.14. The molecule has 2 rings (SSSR count). The van der Waals surface area contributed by atoms with Gasteiger partial charge < -0.3 is 15.2 Å². The summed E-state index contributed by atoms with van der Waals surface area (Å²) in [6, 6.07) is 3.84. The highest BCUT2D eigenvalue weighted by molar-refractivity contribution is 5.81. The van der Waals surface area contributed by atoms with Crippen LogP contribution in [0.2, 0.25) is 0 Å². The van der Waals surface area contributed by atoms with Gasteiger partial charge in [-0.05, 0) is 38.8 Å². The molecule has 0 radical (unpaired) electrons. The smallest absolute Gasteiger partial charge is 0.260 e. The number of carbonyl (C=O) groups excluding carboxylic acids is 1. The third kappa shape index (κ3) is 3.20. The quantitative estimate of drug-likeness (QED) is 0.815. The van der Waals surface area contributed by atoms with Crippen LogP contribution in [-0.2, 0) is 11.4 Å². The van der Waals surface area contributed by atoms with Gasteiger partial charge in [-0.1, -0.05) is 0 Å². The van der Waals surface area contributed by atoms with Crippen molar-refractivity contribution in [1.82, 2.24) is 10.3 Å². The number of nitrogens with one attached hydrogen (secondary N) is 1. The van der Waals surface area contributed by atoms with E-state index in [4.69, 9.17) is 4.74 Å². The van der Waals surface area contributed by atoms with E-state index in [1.54, 1.807) is 19.1 Å². The Morgan fingerprint density at radius 2 is 2.33 bits per heavy atom. The van der Waals surface area contributed by atoms with Gasteiger partial charge in [-0.25, -0.2) is 0 Å². The van der Waals surface area contributed by atoms with E-state index in [1.807, 2.05) is 6.92 Å². The molecule has 1 aliphatic carbocycles. The number of nitrogens with zero attached hydrogens (tertiary/aromatic N) is 1. The van der Waals surface area contributed by atoms with Crippen molar-refractivity contribution >= 4 is 5.91 Å². The van der Waals surface area contributed by atoms with Crippen LogP contribution in [0.1, 0.15) is 31.2 Å². The van der Waals surface area contributed by atoms with E-state index in [0.717, 1.165) is 18.5 Å². The molecule has 5 heteroatoms. The zero-order valence-electron chi connectivity index (χ0n) is 10.6. The van der Waals surface area contributed by atoms with Crippen molar-refractivity contribution in [2.75, 3.05) is 0 Å². The second-order valence-electron chi connectivity index (χ2n) is 4.60. The fourth-order valence-electron chi connectivity index (χ4n) is 1.61. The van der Waals surface area contributed by atoms with E-state index < -0.39 is 6.10 Å². The Kier molecular flexibility index (Phi) is 3.81. The van der Waals surface area contributed by atoms with Gasteiger partial charge in [-0.2, -0.15) is 0 Å². The van der Waals surface area contributed by atoms with Crippen molar-refractivity contribution < 1.29 is 14.6 Å². The number of aliphatic hydroxyl groups is 1. The van der Waals surface area contributed by atoms with Gasteiger partial charge in [0, 0.05) is 11.7 Å². The summed E-state index contributed by atoms with van der Waals surface area (Å²) in [5.74, 6) is 0.337. The standard InChI is InChI=1S/C13H18N2O3/c1-8-3-6-12(11(7-16)14-8)18-9(2)13(17)15-10-4-5-10/h3,6,9-10,16H,4-5,7H2,1-2H3,(H,15,17). The summed E-state index contributed by atoms with van der Waals surface area (Å²) in [4.78, 5) is 15.9. The van der Waals surface area contributed by atoms with Crippen molar-refractivity contribution in [3.8, 4) is 5.75 Å². The summed E-state index contributed by atoms with van der Waals surface area (Å²) in [6.45, 7) is 3.33. The van der Waals surface area contributed by atoms with E-state index in [0.29, 0.717) is 17.5 Å². The summed E-state index contributed by atoms with van der Waals surface area (Å²) in [5, 5.41) is 12.1. The molecule has 1 aromatic rings. The van der Waals surface area contributed by atoms with Crippen LogP contribution in [0.25, 0.3) is 0 Å². The fourth-order valence-corrected chi connectivity index (χ4v) is 1.61. The summed E-state index contributed by atoms with van der Waals surface area (Å²) in [6.07, 6.45) is 1.51. The molecule has 0 aromatic carbocycles. The molecular formula is C13H18N2O3. The average molecular weight is 250 g/mol. The number of amides is 1. The first-order chi connectivity index (χ1) is 8.60. The summed E-state index contributed by atoms with van der Waals surface area (Å²) >= 11 is 0. The number of carbonyl (C=O) groups is 1. The van der Waals surface area contributed by atoms with E-state index in [1.165, 1.54) is 0 Å². The number of aliphatic hydroxyl groups excluding tert-OH is 1. The highest BCUT2D eigenvalue weighted by Gasteiger charge is 2.26. The van der Waals surface area contributed by atoms with Gasteiger partial charge in [-0.15, -0.1) is 0 Å². The summed E-state index contributed by atoms with van der Waals surface area (Å²) in [5.41, 5.74) is 1.27. The fraction of sp³-hybridized carbons (Fsp3) is 0.538. The Morgan fingerprint density at radius 1 is 1.61 bits per heavy atom. The Morgan fingerprint density at radius 3 is 2.94 bits per heavy atom. The molecule has 1 aliphatic rings. The molecule has 0 bridgehead atoms. The van der Waals surface area contributed by atoms with Gasteiger partial charge in [0.25, 0.3) is 5.91 Å². The molecule has 0 spiro atoms. The van der Waals surface area contributed by atoms with Gasteiger partial charge >= 0.3 is 0 Å². The minimum atomic E-state index is -0.583. The molecule has 0 aliphatic heterocycles. The maximum atomic E-state index is 11.7. The lowest BCUT2D eigenvalue weighted by Gasteiger charge is -2.16. The number of pyridine rings is 1. The van der Waals surface area contributed by atoms with Crippen LogP contribution in [-0.4, -0.2) is 28.1 Å². The number of hydrogen-bond acceptors (Lipinski definition) is 4. The normalized spacial score (nSPS) is 16.2. The number of hydrogen-bond donors (Lipinski definition) is 2. The maximum absolute atomic E-state index is 11.7. The van der Waals surface area contributed by atoms with Crippen molar-refractivity contribution in [2.24, 2.45) is 0 Å². The molecule has 1 fully saturated rings. The third-order valence-corrected chi connectivity index (χ3v) is 2.82. The third-order valence-electron chi connectivity index (χ3n) is 2.82. The summed E-state index contributed by atoms with van der Waals surface area (Å²) in [7, 11) is 0. The molecule has 18 heavy (non-hydrogen) atoms. The lowest BCUT2D eigenvalue weighted by atomic mass is 10.3. The highest BCUT2D eigenvalue weighted by atomic mass is 16.5. The van der Waals surface area contributed by atoms with E-state index in [9.17, 15) is 9.90 Å². The number of rotatable bonds is 5. The first-order valence-electron chi connectivity index (χ1n) is 6.14. The largest absolute Gasteiger partial charge is 0.479 e. The van der Waals surface area contributed by atoms with Crippen LogP contribution in [0, 0.1) is 6.92 Å². The summed E-state index contributed by atoms with van der Waals surface area (Å²) < 4.78 is 5.55. The minimum Gasteiger partial charge on any atom is -0.479 e. The molecule has 1 atom stereocenters. The molecular weight excluding hydrogens is 232 g/mol. The van der Waals surface area contributed by atoms with E-state index in [-0.39, 0.29) is 12.5 Å². The van der Waals surface area contributed by atoms with Crippen molar-refractivity contribution in [3.05, 3.63) is 23.5 Å². The molecule has 1 heterocycles. The van der Waals surface area contributed by atoms with Crippen LogP contribution in [0.15, 0.2) is 12.1 Å². The minimum absolute atomic E-state index is 0.123. The highest BCUT2D eigenvalue weighted by Crippen LogP contribution is 2.21. The Balaban J connectivity index is 2.00. The monoisotopic (exact) mass is 250 g/mol. The van der Waals surface area contributed by atoms with Gasteiger partial charge in [0.2, 0.25) is 0 Å². The molecule has 1 unspecified atom stereocenters. The average Bonchev–Trinajstić information content (AvgIpc) is 3.15. The van der Waals surface area contributed by atoms with Crippen molar-refractivity contribution in [3.63, 3.8) is 0 Å². The number of ether oxygens (including phenoxy) is 1. The Hall–Kier alpha value is -1.62. The molecule has 1 aromatic heterocycles.